The summed E-state index contributed by atoms with van der Waals surface area (Å²) in [5.74, 6) is -1.46. The van der Waals surface area contributed by atoms with Crippen molar-refractivity contribution < 1.29 is 19.4 Å². The lowest BCUT2D eigenvalue weighted by Crippen LogP contribution is -2.41. The molecule has 0 aliphatic carbocycles. The van der Waals surface area contributed by atoms with Crippen LogP contribution in [0, 0.1) is 13.8 Å². The number of benzene rings is 2. The molecule has 0 spiro atoms. The normalized spacial score (nSPS) is 14.1. The van der Waals surface area contributed by atoms with Crippen molar-refractivity contribution in [2.75, 3.05) is 0 Å². The van der Waals surface area contributed by atoms with Gasteiger partial charge in [-0.15, -0.1) is 0 Å². The van der Waals surface area contributed by atoms with E-state index < -0.39 is 11.7 Å². The van der Waals surface area contributed by atoms with Gasteiger partial charge in [-0.2, -0.15) is 4.99 Å². The number of nitrogens with zero attached hydrogens (tertiary/aromatic N) is 1. The van der Waals surface area contributed by atoms with Crippen LogP contribution in [0.4, 0.5) is 0 Å². The number of aryl methyl sites for hydroxylation is 2. The predicted octanol–water partition coefficient (Wildman–Crippen LogP) is 4.13. The Bertz CT molecular complexity index is 788. The molecule has 1 N–H and O–H groups in total. The first-order valence-corrected chi connectivity index (χ1v) is 8.46. The largest absolute Gasteiger partial charge is 0.478 e. The number of hydrogen-bond acceptors (Lipinski definition) is 4. The lowest BCUT2D eigenvalue weighted by molar-refractivity contribution is -0.168. The summed E-state index contributed by atoms with van der Waals surface area (Å²) in [6.45, 7) is 5.92. The summed E-state index contributed by atoms with van der Waals surface area (Å²) in [7, 11) is 0. The third kappa shape index (κ3) is 4.45. The van der Waals surface area contributed by atoms with Gasteiger partial charge in [0.2, 0.25) is 6.08 Å². The second-order valence-electron chi connectivity index (χ2n) is 6.48. The number of aliphatic carboxylic acids is 1. The van der Waals surface area contributed by atoms with Crippen molar-refractivity contribution in [2.24, 2.45) is 4.99 Å². The van der Waals surface area contributed by atoms with Gasteiger partial charge in [0.1, 0.15) is 0 Å². The first-order chi connectivity index (χ1) is 12.4. The van der Waals surface area contributed by atoms with Crippen LogP contribution in [0.3, 0.4) is 0 Å². The summed E-state index contributed by atoms with van der Waals surface area (Å²) < 4.78 is 5.66. The molecule has 0 radical (unpaired) electrons. The molecule has 0 aliphatic heterocycles. The molecule has 0 aromatic heterocycles. The molecule has 0 heterocycles. The summed E-state index contributed by atoms with van der Waals surface area (Å²) in [6, 6.07) is 15.1. The lowest BCUT2D eigenvalue weighted by atomic mass is 9.86. The van der Waals surface area contributed by atoms with Gasteiger partial charge in [-0.05, 0) is 42.0 Å². The van der Waals surface area contributed by atoms with Gasteiger partial charge in [0.15, 0.2) is 0 Å². The molecule has 2 atom stereocenters. The quantitative estimate of drug-likeness (QED) is 0.572. The van der Waals surface area contributed by atoms with E-state index in [0.29, 0.717) is 0 Å². The number of hydrogen-bond donors (Lipinski definition) is 1. The van der Waals surface area contributed by atoms with E-state index in [1.54, 1.807) is 0 Å². The SMILES string of the molecule is Cc1cccc(C)c1C(C)CC(N=C=O)(OCc1ccccc1)C(=O)O. The average Bonchev–Trinajstić information content (AvgIpc) is 2.60. The Morgan fingerprint density at radius 2 is 1.77 bits per heavy atom. The van der Waals surface area contributed by atoms with Crippen molar-refractivity contribution in [1.29, 1.82) is 0 Å². The summed E-state index contributed by atoms with van der Waals surface area (Å²) in [5.41, 5.74) is 2.01. The Morgan fingerprint density at radius 1 is 1.15 bits per heavy atom. The summed E-state index contributed by atoms with van der Waals surface area (Å²) >= 11 is 0. The Labute approximate surface area is 153 Å². The number of rotatable bonds is 8. The topological polar surface area (TPSA) is 76.0 Å². The number of carbonyl (C=O) groups is 1. The van der Waals surface area contributed by atoms with Crippen LogP contribution in [0.1, 0.15) is 41.5 Å². The van der Waals surface area contributed by atoms with Crippen molar-refractivity contribution in [3.05, 3.63) is 70.8 Å². The number of carboxylic acids is 1. The van der Waals surface area contributed by atoms with Crippen LogP contribution < -0.4 is 0 Å². The van der Waals surface area contributed by atoms with Crippen molar-refractivity contribution in [3.8, 4) is 0 Å². The average molecular weight is 353 g/mol. The van der Waals surface area contributed by atoms with Gasteiger partial charge in [0.05, 0.1) is 6.61 Å². The van der Waals surface area contributed by atoms with Gasteiger partial charge in [-0.1, -0.05) is 55.5 Å². The molecule has 5 nitrogen and oxygen atoms in total. The van der Waals surface area contributed by atoms with Crippen LogP contribution in [0.15, 0.2) is 53.5 Å². The van der Waals surface area contributed by atoms with Crippen LogP contribution in [-0.4, -0.2) is 22.9 Å². The molecule has 0 aliphatic rings. The van der Waals surface area contributed by atoms with Crippen LogP contribution in [0.25, 0.3) is 0 Å². The summed E-state index contributed by atoms with van der Waals surface area (Å²) in [4.78, 5) is 26.5. The fraction of sp³-hybridized carbons (Fsp3) is 0.333. The molecule has 0 amide bonds. The van der Waals surface area contributed by atoms with Gasteiger partial charge >= 0.3 is 5.97 Å². The van der Waals surface area contributed by atoms with Gasteiger partial charge < -0.3 is 9.84 Å². The van der Waals surface area contributed by atoms with Crippen LogP contribution in [-0.2, 0) is 20.9 Å². The second kappa shape index (κ2) is 8.56. The minimum Gasteiger partial charge on any atom is -0.478 e. The Hall–Kier alpha value is -2.75. The number of isocyanates is 1. The third-order valence-electron chi connectivity index (χ3n) is 4.50. The third-order valence-corrected chi connectivity index (χ3v) is 4.50. The van der Waals surface area contributed by atoms with Crippen LogP contribution in [0.2, 0.25) is 0 Å². The van der Waals surface area contributed by atoms with Gasteiger partial charge in [0, 0.05) is 6.42 Å². The molecule has 2 unspecified atom stereocenters. The zero-order chi connectivity index (χ0) is 19.2. The zero-order valence-electron chi connectivity index (χ0n) is 15.2. The lowest BCUT2D eigenvalue weighted by Gasteiger charge is -2.28. The van der Waals surface area contributed by atoms with Crippen molar-refractivity contribution in [1.82, 2.24) is 0 Å². The maximum atomic E-state index is 12.0. The molecular formula is C21H23NO4. The van der Waals surface area contributed by atoms with E-state index in [4.69, 9.17) is 4.74 Å². The van der Waals surface area contributed by atoms with Gasteiger partial charge in [0.25, 0.3) is 5.72 Å². The molecule has 136 valence electrons. The highest BCUT2D eigenvalue weighted by molar-refractivity contribution is 5.78. The van der Waals surface area contributed by atoms with Gasteiger partial charge in [-0.3, -0.25) is 0 Å². The minimum absolute atomic E-state index is 0.0378. The van der Waals surface area contributed by atoms with E-state index in [-0.39, 0.29) is 18.9 Å². The molecule has 2 rings (SSSR count). The highest BCUT2D eigenvalue weighted by Crippen LogP contribution is 2.33. The first kappa shape index (κ1) is 19.6. The number of carboxylic acid groups (broad SMARTS) is 1. The molecule has 0 saturated heterocycles. The molecular weight excluding hydrogens is 330 g/mol. The molecule has 26 heavy (non-hydrogen) atoms. The molecule has 2 aromatic carbocycles. The molecule has 0 fully saturated rings. The van der Waals surface area contributed by atoms with Crippen molar-refractivity contribution in [3.63, 3.8) is 0 Å². The van der Waals surface area contributed by atoms with E-state index in [2.05, 4.69) is 4.99 Å². The number of carbonyl (C=O) groups excluding carboxylic acids is 1. The Balaban J connectivity index is 2.32. The molecule has 0 bridgehead atoms. The standard InChI is InChI=1S/C21H23NO4/c1-15-8-7-9-16(2)19(15)17(3)12-21(20(24)25,22-14-23)26-13-18-10-5-4-6-11-18/h4-11,17H,12-13H2,1-3H3,(H,24,25). The summed E-state index contributed by atoms with van der Waals surface area (Å²) in [6.07, 6.45) is 1.42. The zero-order valence-corrected chi connectivity index (χ0v) is 15.2. The second-order valence-corrected chi connectivity index (χ2v) is 6.48. The molecule has 5 heteroatoms. The number of aliphatic imine (C=N–C) groups is 1. The summed E-state index contributed by atoms with van der Waals surface area (Å²) in [5, 5.41) is 9.77. The number of ether oxygens (including phenoxy) is 1. The van der Waals surface area contributed by atoms with E-state index in [1.165, 1.54) is 6.08 Å². The van der Waals surface area contributed by atoms with E-state index in [1.807, 2.05) is 69.3 Å². The van der Waals surface area contributed by atoms with E-state index in [0.717, 1.165) is 22.3 Å². The maximum Gasteiger partial charge on any atom is 0.360 e. The van der Waals surface area contributed by atoms with E-state index >= 15 is 0 Å². The van der Waals surface area contributed by atoms with Crippen molar-refractivity contribution >= 4 is 12.0 Å². The smallest absolute Gasteiger partial charge is 0.360 e. The highest BCUT2D eigenvalue weighted by Gasteiger charge is 2.42. The van der Waals surface area contributed by atoms with Crippen LogP contribution in [0.5, 0.6) is 0 Å². The fourth-order valence-corrected chi connectivity index (χ4v) is 3.31. The predicted molar refractivity (Wildman–Crippen MR) is 98.7 cm³/mol. The van der Waals surface area contributed by atoms with Crippen molar-refractivity contribution in [2.45, 2.75) is 45.4 Å². The highest BCUT2D eigenvalue weighted by atomic mass is 16.5. The molecule has 0 saturated carbocycles. The maximum absolute atomic E-state index is 12.0. The van der Waals surface area contributed by atoms with E-state index in [9.17, 15) is 14.7 Å². The molecule has 2 aromatic rings. The fourth-order valence-electron chi connectivity index (χ4n) is 3.31. The van der Waals surface area contributed by atoms with Crippen LogP contribution >= 0.6 is 0 Å². The monoisotopic (exact) mass is 353 g/mol. The Morgan fingerprint density at radius 3 is 2.31 bits per heavy atom. The van der Waals surface area contributed by atoms with Gasteiger partial charge in [-0.25, -0.2) is 9.59 Å². The minimum atomic E-state index is -1.97. The first-order valence-electron chi connectivity index (χ1n) is 8.46. The Kier molecular flexibility index (Phi) is 6.45.